The van der Waals surface area contributed by atoms with E-state index >= 15 is 0 Å². The van der Waals surface area contributed by atoms with Crippen molar-refractivity contribution in [2.24, 2.45) is 13.0 Å². The number of para-hydroxylation sites is 1. The van der Waals surface area contributed by atoms with E-state index in [2.05, 4.69) is 27.8 Å². The molecule has 1 aliphatic carbocycles. The zero-order valence-electron chi connectivity index (χ0n) is 16.4. The third-order valence-corrected chi connectivity index (χ3v) is 6.11. The van der Waals surface area contributed by atoms with Crippen LogP contribution in [0.3, 0.4) is 0 Å². The maximum atomic E-state index is 12.3. The van der Waals surface area contributed by atoms with E-state index < -0.39 is 0 Å². The third-order valence-electron chi connectivity index (χ3n) is 5.09. The van der Waals surface area contributed by atoms with Gasteiger partial charge in [0.05, 0.1) is 12.2 Å². The molecule has 2 amide bonds. The summed E-state index contributed by atoms with van der Waals surface area (Å²) in [4.78, 5) is 24.5. The van der Waals surface area contributed by atoms with Gasteiger partial charge in [0, 0.05) is 18.8 Å². The van der Waals surface area contributed by atoms with Crippen molar-refractivity contribution in [1.29, 1.82) is 0 Å². The van der Waals surface area contributed by atoms with Gasteiger partial charge in [0.1, 0.15) is 5.82 Å². The van der Waals surface area contributed by atoms with E-state index in [0.717, 1.165) is 12.1 Å². The van der Waals surface area contributed by atoms with Gasteiger partial charge in [-0.1, -0.05) is 49.7 Å². The number of thioether (sulfide) groups is 1. The maximum Gasteiger partial charge on any atom is 0.232 e. The molecule has 0 radical (unpaired) electrons. The molecular weight excluding hydrogens is 374 g/mol. The van der Waals surface area contributed by atoms with Gasteiger partial charge in [0.2, 0.25) is 11.8 Å². The normalized spacial score (nSPS) is 19.2. The van der Waals surface area contributed by atoms with Crippen LogP contribution in [0.25, 0.3) is 0 Å². The Bertz CT molecular complexity index is 808. The first-order valence-corrected chi connectivity index (χ1v) is 10.7. The van der Waals surface area contributed by atoms with Crippen LogP contribution in [0.1, 0.15) is 38.4 Å². The van der Waals surface area contributed by atoms with E-state index in [1.807, 2.05) is 37.4 Å². The minimum atomic E-state index is -0.151. The highest BCUT2D eigenvalue weighted by molar-refractivity contribution is 7.99. The molecule has 0 spiro atoms. The number of nitrogens with zero attached hydrogens (tertiary/aromatic N) is 3. The highest BCUT2D eigenvalue weighted by Crippen LogP contribution is 2.24. The summed E-state index contributed by atoms with van der Waals surface area (Å²) in [6.45, 7) is 2.20. The largest absolute Gasteiger partial charge is 0.352 e. The fourth-order valence-corrected chi connectivity index (χ4v) is 4.15. The fourth-order valence-electron chi connectivity index (χ4n) is 3.40. The number of nitrogens with one attached hydrogen (secondary N) is 2. The maximum absolute atomic E-state index is 12.3. The average Bonchev–Trinajstić information content (AvgIpc) is 3.02. The van der Waals surface area contributed by atoms with Gasteiger partial charge in [-0.05, 0) is 30.9 Å². The second-order valence-electron chi connectivity index (χ2n) is 7.27. The number of aromatic nitrogens is 3. The number of carbonyl (C=O) groups excluding carboxylic acids is 2. The number of benzene rings is 1. The molecule has 0 saturated heterocycles. The summed E-state index contributed by atoms with van der Waals surface area (Å²) in [7, 11) is 1.81. The number of hydrogen-bond donors (Lipinski definition) is 2. The molecule has 1 heterocycles. The van der Waals surface area contributed by atoms with Gasteiger partial charge in [0.15, 0.2) is 5.16 Å². The molecule has 1 saturated carbocycles. The lowest BCUT2D eigenvalue weighted by Crippen LogP contribution is -2.41. The molecule has 150 valence electrons. The lowest BCUT2D eigenvalue weighted by molar-refractivity contribution is -0.120. The SMILES string of the molecule is C[C@@H]1CCCC[C@H]1NC(=O)CSc1nnc(CC(=O)Nc2ccccc2)n1C. The summed E-state index contributed by atoms with van der Waals surface area (Å²) in [5.74, 6) is 1.27. The fraction of sp³-hybridized carbons (Fsp3) is 0.500. The van der Waals surface area contributed by atoms with Crippen LogP contribution in [-0.4, -0.2) is 38.4 Å². The minimum Gasteiger partial charge on any atom is -0.352 e. The molecule has 2 atom stereocenters. The predicted molar refractivity (Wildman–Crippen MR) is 110 cm³/mol. The highest BCUT2D eigenvalue weighted by Gasteiger charge is 2.23. The molecule has 1 aromatic carbocycles. The van der Waals surface area contributed by atoms with Crippen LogP contribution in [-0.2, 0) is 23.1 Å². The predicted octanol–water partition coefficient (Wildman–Crippen LogP) is 2.78. The summed E-state index contributed by atoms with van der Waals surface area (Å²) < 4.78 is 1.77. The average molecular weight is 402 g/mol. The summed E-state index contributed by atoms with van der Waals surface area (Å²) in [6.07, 6.45) is 4.80. The first kappa shape index (κ1) is 20.4. The van der Waals surface area contributed by atoms with Crippen molar-refractivity contribution in [3.05, 3.63) is 36.2 Å². The van der Waals surface area contributed by atoms with Gasteiger partial charge in [0.25, 0.3) is 0 Å². The van der Waals surface area contributed by atoms with Crippen LogP contribution < -0.4 is 10.6 Å². The molecule has 0 bridgehead atoms. The van der Waals surface area contributed by atoms with E-state index in [4.69, 9.17) is 0 Å². The Morgan fingerprint density at radius 1 is 1.14 bits per heavy atom. The van der Waals surface area contributed by atoms with Gasteiger partial charge in [-0.25, -0.2) is 0 Å². The van der Waals surface area contributed by atoms with Crippen molar-refractivity contribution in [2.45, 2.75) is 50.2 Å². The molecule has 0 aliphatic heterocycles. The quantitative estimate of drug-likeness (QED) is 0.697. The molecule has 7 nitrogen and oxygen atoms in total. The standard InChI is InChI=1S/C20H27N5O2S/c1-14-8-6-7-11-16(14)22-19(27)13-28-20-24-23-17(25(20)2)12-18(26)21-15-9-4-3-5-10-15/h3-5,9-10,14,16H,6-8,11-13H2,1-2H3,(H,21,26)(H,22,27)/t14-,16-/m1/s1. The van der Waals surface area contributed by atoms with Gasteiger partial charge < -0.3 is 15.2 Å². The van der Waals surface area contributed by atoms with Crippen molar-refractivity contribution in [1.82, 2.24) is 20.1 Å². The molecule has 8 heteroatoms. The number of rotatable bonds is 7. The Morgan fingerprint density at radius 3 is 2.64 bits per heavy atom. The van der Waals surface area contributed by atoms with Gasteiger partial charge in [-0.15, -0.1) is 10.2 Å². The molecule has 3 rings (SSSR count). The Morgan fingerprint density at radius 2 is 1.89 bits per heavy atom. The van der Waals surface area contributed by atoms with Gasteiger partial charge >= 0.3 is 0 Å². The van der Waals surface area contributed by atoms with Crippen LogP contribution in [0.5, 0.6) is 0 Å². The molecular formula is C20H27N5O2S. The van der Waals surface area contributed by atoms with E-state index in [-0.39, 0.29) is 24.3 Å². The van der Waals surface area contributed by atoms with Crippen LogP contribution in [0.15, 0.2) is 35.5 Å². The van der Waals surface area contributed by atoms with E-state index in [0.29, 0.717) is 22.7 Å². The number of anilines is 1. The van der Waals surface area contributed by atoms with Crippen LogP contribution in [0, 0.1) is 5.92 Å². The van der Waals surface area contributed by atoms with E-state index in [1.54, 1.807) is 4.57 Å². The smallest absolute Gasteiger partial charge is 0.232 e. The summed E-state index contributed by atoms with van der Waals surface area (Å²) in [5.41, 5.74) is 0.748. The Balaban J connectivity index is 1.48. The van der Waals surface area contributed by atoms with Crippen molar-refractivity contribution in [3.63, 3.8) is 0 Å². The summed E-state index contributed by atoms with van der Waals surface area (Å²) in [5, 5.41) is 14.8. The zero-order valence-corrected chi connectivity index (χ0v) is 17.2. The molecule has 1 fully saturated rings. The topological polar surface area (TPSA) is 88.9 Å². The second kappa shape index (κ2) is 9.73. The Kier molecular flexibility index (Phi) is 7.08. The first-order valence-electron chi connectivity index (χ1n) is 9.68. The zero-order chi connectivity index (χ0) is 19.9. The second-order valence-corrected chi connectivity index (χ2v) is 8.22. The van der Waals surface area contributed by atoms with E-state index in [9.17, 15) is 9.59 Å². The lowest BCUT2D eigenvalue weighted by Gasteiger charge is -2.29. The van der Waals surface area contributed by atoms with Crippen molar-refractivity contribution < 1.29 is 9.59 Å². The van der Waals surface area contributed by atoms with Crippen LogP contribution in [0.4, 0.5) is 5.69 Å². The molecule has 0 unspecified atom stereocenters. The van der Waals surface area contributed by atoms with Crippen molar-refractivity contribution in [3.8, 4) is 0 Å². The molecule has 2 aromatic rings. The molecule has 1 aromatic heterocycles. The number of amides is 2. The van der Waals surface area contributed by atoms with Gasteiger partial charge in [-0.3, -0.25) is 9.59 Å². The van der Waals surface area contributed by atoms with Crippen LogP contribution in [0.2, 0.25) is 0 Å². The monoisotopic (exact) mass is 401 g/mol. The molecule has 1 aliphatic rings. The number of carbonyl (C=O) groups is 2. The summed E-state index contributed by atoms with van der Waals surface area (Å²) in [6, 6.07) is 9.58. The molecule has 2 N–H and O–H groups in total. The van der Waals surface area contributed by atoms with E-state index in [1.165, 1.54) is 31.0 Å². The minimum absolute atomic E-state index is 0.0233. The van der Waals surface area contributed by atoms with Crippen molar-refractivity contribution in [2.75, 3.05) is 11.1 Å². The van der Waals surface area contributed by atoms with Crippen molar-refractivity contribution >= 4 is 29.3 Å². The Hall–Kier alpha value is -2.35. The third kappa shape index (κ3) is 5.58. The number of hydrogen-bond acceptors (Lipinski definition) is 5. The molecule has 28 heavy (non-hydrogen) atoms. The lowest BCUT2D eigenvalue weighted by atomic mass is 9.86. The summed E-state index contributed by atoms with van der Waals surface area (Å²) >= 11 is 1.34. The highest BCUT2D eigenvalue weighted by atomic mass is 32.2. The first-order chi connectivity index (χ1) is 13.5. The van der Waals surface area contributed by atoms with Crippen LogP contribution >= 0.6 is 11.8 Å². The Labute approximate surface area is 169 Å². The van der Waals surface area contributed by atoms with Gasteiger partial charge in [-0.2, -0.15) is 0 Å².